The van der Waals surface area contributed by atoms with E-state index in [1.54, 1.807) is 13.8 Å². The predicted molar refractivity (Wildman–Crippen MR) is 93.9 cm³/mol. The van der Waals surface area contributed by atoms with Gasteiger partial charge in [0.1, 0.15) is 17.6 Å². The Morgan fingerprint density at radius 3 is 2.63 bits per heavy atom. The number of nitrogens with zero attached hydrogens (tertiary/aromatic N) is 4. The Morgan fingerprint density at radius 2 is 2.00 bits per heavy atom. The van der Waals surface area contributed by atoms with Gasteiger partial charge >= 0.3 is 5.69 Å². The molecule has 0 radical (unpaired) electrons. The maximum Gasteiger partial charge on any atom is 0.315 e. The van der Waals surface area contributed by atoms with E-state index in [1.165, 1.54) is 0 Å². The minimum absolute atomic E-state index is 0.0227. The molecule has 0 saturated carbocycles. The summed E-state index contributed by atoms with van der Waals surface area (Å²) in [6, 6.07) is 2.06. The maximum absolute atomic E-state index is 11.1. The summed E-state index contributed by atoms with van der Waals surface area (Å²) in [6.45, 7) is 3.32. The number of hydrogen-bond donors (Lipinski definition) is 2. The zero-order valence-electron chi connectivity index (χ0n) is 13.7. The molecule has 0 amide bonds. The number of pyridine rings is 1. The molecule has 0 aliphatic carbocycles. The molecule has 0 saturated heterocycles. The molecule has 3 rings (SSSR count). The van der Waals surface area contributed by atoms with Gasteiger partial charge in [0.05, 0.1) is 21.2 Å². The SMILES string of the molecule is Cc1nc(OCl)c(-c2nnoc2-c2cc(O)c(O)c([N+](=O)[O-])c2)c(C)c1Cl. The van der Waals surface area contributed by atoms with Crippen molar-refractivity contribution in [2.45, 2.75) is 13.8 Å². The Bertz CT molecular complexity index is 1070. The minimum atomic E-state index is -0.876. The molecule has 2 N–H and O–H groups in total. The van der Waals surface area contributed by atoms with Gasteiger partial charge < -0.3 is 19.0 Å². The number of phenolic OH excluding ortho intramolecular Hbond substituents is 2. The van der Waals surface area contributed by atoms with Gasteiger partial charge in [0.2, 0.25) is 11.6 Å². The Balaban J connectivity index is 2.29. The highest BCUT2D eigenvalue weighted by Gasteiger charge is 2.27. The smallest absolute Gasteiger partial charge is 0.315 e. The van der Waals surface area contributed by atoms with Gasteiger partial charge in [0, 0.05) is 16.9 Å². The highest BCUT2D eigenvalue weighted by Crippen LogP contribution is 2.44. The molecule has 27 heavy (non-hydrogen) atoms. The van der Waals surface area contributed by atoms with E-state index in [4.69, 9.17) is 32.3 Å². The van der Waals surface area contributed by atoms with Crippen molar-refractivity contribution in [1.82, 2.24) is 15.4 Å². The van der Waals surface area contributed by atoms with Gasteiger partial charge in [0.15, 0.2) is 11.5 Å². The average molecular weight is 413 g/mol. The summed E-state index contributed by atoms with van der Waals surface area (Å²) in [6.07, 6.45) is 0. The van der Waals surface area contributed by atoms with Crippen molar-refractivity contribution in [1.29, 1.82) is 0 Å². The fourth-order valence-electron chi connectivity index (χ4n) is 2.55. The van der Waals surface area contributed by atoms with Crippen LogP contribution in [0.4, 0.5) is 5.69 Å². The van der Waals surface area contributed by atoms with Gasteiger partial charge in [-0.05, 0) is 25.5 Å². The van der Waals surface area contributed by atoms with Gasteiger partial charge in [-0.25, -0.2) is 4.98 Å². The van der Waals surface area contributed by atoms with Crippen molar-refractivity contribution in [3.05, 3.63) is 38.5 Å². The fourth-order valence-corrected chi connectivity index (χ4v) is 2.80. The summed E-state index contributed by atoms with van der Waals surface area (Å²) in [5, 5.41) is 38.2. The number of phenols is 2. The normalized spacial score (nSPS) is 10.8. The van der Waals surface area contributed by atoms with Crippen LogP contribution < -0.4 is 4.29 Å². The first-order valence-electron chi connectivity index (χ1n) is 7.25. The number of rotatable bonds is 4. The Morgan fingerprint density at radius 1 is 1.30 bits per heavy atom. The second-order valence-electron chi connectivity index (χ2n) is 5.46. The molecule has 0 aliphatic rings. The second-order valence-corrected chi connectivity index (χ2v) is 6.00. The van der Waals surface area contributed by atoms with E-state index in [0.717, 1.165) is 12.1 Å². The van der Waals surface area contributed by atoms with Crippen LogP contribution in [0.25, 0.3) is 22.6 Å². The van der Waals surface area contributed by atoms with Gasteiger partial charge in [0.25, 0.3) is 0 Å². The van der Waals surface area contributed by atoms with Crippen LogP contribution in [0.3, 0.4) is 0 Å². The lowest BCUT2D eigenvalue weighted by Crippen LogP contribution is -1.98. The van der Waals surface area contributed by atoms with Crippen LogP contribution in [0.5, 0.6) is 17.4 Å². The van der Waals surface area contributed by atoms with Crippen molar-refractivity contribution in [3.63, 3.8) is 0 Å². The first-order chi connectivity index (χ1) is 12.8. The summed E-state index contributed by atoms with van der Waals surface area (Å²) in [7, 11) is 0. The summed E-state index contributed by atoms with van der Waals surface area (Å²) in [5.41, 5.74) is 0.620. The van der Waals surface area contributed by atoms with E-state index < -0.39 is 22.1 Å². The molecule has 0 spiro atoms. The van der Waals surface area contributed by atoms with Crippen molar-refractivity contribution in [2.75, 3.05) is 0 Å². The van der Waals surface area contributed by atoms with Crippen molar-refractivity contribution < 1.29 is 23.9 Å². The van der Waals surface area contributed by atoms with Gasteiger partial charge in [-0.1, -0.05) is 11.6 Å². The molecule has 1 aromatic carbocycles. The van der Waals surface area contributed by atoms with Crippen LogP contribution in [0.15, 0.2) is 16.7 Å². The van der Waals surface area contributed by atoms with Gasteiger partial charge in [-0.2, -0.15) is 0 Å². The molecule has 0 atom stereocenters. The largest absolute Gasteiger partial charge is 0.504 e. The van der Waals surface area contributed by atoms with Gasteiger partial charge in [-0.3, -0.25) is 10.1 Å². The number of aryl methyl sites for hydroxylation is 1. The van der Waals surface area contributed by atoms with Crippen LogP contribution in [-0.4, -0.2) is 30.5 Å². The standard InChI is InChI=1S/C15H10Cl2N4O6/c1-5-10(15(26-17)18-6(2)11(5)16)12-14(27-20-19-12)7-3-8(21(24)25)13(23)9(22)4-7/h3-4,22-23H,1-2H3. The Labute approximate surface area is 161 Å². The zero-order chi connectivity index (χ0) is 19.9. The fraction of sp³-hybridized carbons (Fsp3) is 0.133. The summed E-state index contributed by atoms with van der Waals surface area (Å²) in [5.74, 6) is -1.66. The minimum Gasteiger partial charge on any atom is -0.504 e. The number of nitro groups is 1. The highest BCUT2D eigenvalue weighted by molar-refractivity contribution is 6.32. The molecule has 2 heterocycles. The molecule has 12 heteroatoms. The van der Waals surface area contributed by atoms with Gasteiger partial charge in [-0.15, -0.1) is 5.10 Å². The molecule has 0 fully saturated rings. The molecular formula is C15H10Cl2N4O6. The quantitative estimate of drug-likeness (QED) is 0.369. The highest BCUT2D eigenvalue weighted by atomic mass is 35.5. The van der Waals surface area contributed by atoms with Crippen molar-refractivity contribution >= 4 is 29.2 Å². The van der Waals surface area contributed by atoms with E-state index in [0.29, 0.717) is 16.3 Å². The third-order valence-electron chi connectivity index (χ3n) is 3.83. The molecule has 0 unspecified atom stereocenters. The van der Waals surface area contributed by atoms with Crippen LogP contribution in [-0.2, 0) is 0 Å². The summed E-state index contributed by atoms with van der Waals surface area (Å²) in [4.78, 5) is 14.4. The average Bonchev–Trinajstić information content (AvgIpc) is 3.10. The third-order valence-corrected chi connectivity index (χ3v) is 4.53. The van der Waals surface area contributed by atoms with Crippen LogP contribution in [0.2, 0.25) is 5.02 Å². The van der Waals surface area contributed by atoms with Crippen LogP contribution in [0.1, 0.15) is 11.3 Å². The zero-order valence-corrected chi connectivity index (χ0v) is 15.2. The maximum atomic E-state index is 11.1. The topological polar surface area (TPSA) is 145 Å². The lowest BCUT2D eigenvalue weighted by atomic mass is 10.0. The number of hydrogen-bond acceptors (Lipinski definition) is 9. The molecule has 2 aromatic heterocycles. The van der Waals surface area contributed by atoms with E-state index in [-0.39, 0.29) is 28.5 Å². The monoisotopic (exact) mass is 412 g/mol. The Hall–Kier alpha value is -3.11. The number of nitro benzene ring substituents is 1. The van der Waals surface area contributed by atoms with E-state index >= 15 is 0 Å². The van der Waals surface area contributed by atoms with Crippen LogP contribution in [0, 0.1) is 24.0 Å². The number of benzene rings is 1. The lowest BCUT2D eigenvalue weighted by molar-refractivity contribution is -0.385. The predicted octanol–water partition coefficient (Wildman–Crippen LogP) is 3.92. The number of halogens is 2. The van der Waals surface area contributed by atoms with Crippen molar-refractivity contribution in [3.8, 4) is 40.0 Å². The molecule has 3 aromatic rings. The summed E-state index contributed by atoms with van der Waals surface area (Å²) < 4.78 is 9.89. The van der Waals surface area contributed by atoms with E-state index in [2.05, 4.69) is 15.4 Å². The van der Waals surface area contributed by atoms with Crippen LogP contribution >= 0.6 is 23.5 Å². The molecule has 10 nitrogen and oxygen atoms in total. The number of aromatic hydroxyl groups is 2. The van der Waals surface area contributed by atoms with E-state index in [9.17, 15) is 20.3 Å². The first kappa shape index (κ1) is 18.7. The second kappa shape index (κ2) is 6.89. The molecule has 0 aliphatic heterocycles. The summed E-state index contributed by atoms with van der Waals surface area (Å²) >= 11 is 11.7. The number of aromatic nitrogens is 3. The lowest BCUT2D eigenvalue weighted by Gasteiger charge is -2.11. The molecule has 140 valence electrons. The molecule has 0 bridgehead atoms. The molecular weight excluding hydrogens is 403 g/mol. The Kier molecular flexibility index (Phi) is 4.77. The van der Waals surface area contributed by atoms with Crippen molar-refractivity contribution in [2.24, 2.45) is 0 Å². The first-order valence-corrected chi connectivity index (χ1v) is 7.93. The third kappa shape index (κ3) is 3.09. The van der Waals surface area contributed by atoms with E-state index in [1.807, 2.05) is 0 Å².